The van der Waals surface area contributed by atoms with Gasteiger partial charge < -0.3 is 5.73 Å². The Kier molecular flexibility index (Phi) is 4.27. The van der Waals surface area contributed by atoms with Crippen molar-refractivity contribution in [2.45, 2.75) is 25.3 Å². The first-order valence-electron chi connectivity index (χ1n) is 6.23. The quantitative estimate of drug-likeness (QED) is 0.900. The minimum Gasteiger partial charge on any atom is -0.327 e. The first kappa shape index (κ1) is 13.7. The third-order valence-electron chi connectivity index (χ3n) is 3.22. The number of nitrogens with zero attached hydrogens (tertiary/aromatic N) is 2. The molecule has 1 atom stereocenters. The molecule has 0 radical (unpaired) electrons. The molecule has 5 heteroatoms. The summed E-state index contributed by atoms with van der Waals surface area (Å²) < 4.78 is 28.7. The fourth-order valence-corrected chi connectivity index (χ4v) is 2.07. The summed E-state index contributed by atoms with van der Waals surface area (Å²) in [4.78, 5) is 0. The number of halogens is 2. The predicted molar refractivity (Wildman–Crippen MR) is 69.6 cm³/mol. The largest absolute Gasteiger partial charge is 0.327 e. The third kappa shape index (κ3) is 3.38. The van der Waals surface area contributed by atoms with Gasteiger partial charge in [0, 0.05) is 30.5 Å². The van der Waals surface area contributed by atoms with Gasteiger partial charge in [-0.3, -0.25) is 4.68 Å². The molecule has 1 aromatic heterocycles. The maximum atomic E-state index is 13.5. The van der Waals surface area contributed by atoms with Gasteiger partial charge in [-0.25, -0.2) is 8.78 Å². The molecule has 1 heterocycles. The molecule has 0 saturated heterocycles. The Morgan fingerprint density at radius 3 is 2.53 bits per heavy atom. The zero-order valence-corrected chi connectivity index (χ0v) is 10.8. The molecule has 0 spiro atoms. The molecule has 19 heavy (non-hydrogen) atoms. The first-order valence-corrected chi connectivity index (χ1v) is 6.23. The van der Waals surface area contributed by atoms with Crippen LogP contribution in [0.2, 0.25) is 0 Å². The van der Waals surface area contributed by atoms with Crippen LogP contribution in [0, 0.1) is 11.6 Å². The summed E-state index contributed by atoms with van der Waals surface area (Å²) in [6.45, 7) is 0. The van der Waals surface area contributed by atoms with E-state index in [-0.39, 0.29) is 18.0 Å². The van der Waals surface area contributed by atoms with Gasteiger partial charge in [0.15, 0.2) is 0 Å². The Morgan fingerprint density at radius 2 is 1.95 bits per heavy atom. The molecular formula is C14H17F2N3. The van der Waals surface area contributed by atoms with Crippen molar-refractivity contribution in [3.05, 3.63) is 53.4 Å². The highest BCUT2D eigenvalue weighted by molar-refractivity contribution is 5.20. The molecule has 0 fully saturated rings. The highest BCUT2D eigenvalue weighted by Crippen LogP contribution is 2.15. The van der Waals surface area contributed by atoms with Crippen LogP contribution in [-0.4, -0.2) is 15.8 Å². The van der Waals surface area contributed by atoms with Gasteiger partial charge in [-0.15, -0.1) is 0 Å². The van der Waals surface area contributed by atoms with Crippen LogP contribution in [0.3, 0.4) is 0 Å². The van der Waals surface area contributed by atoms with E-state index in [9.17, 15) is 8.78 Å². The first-order chi connectivity index (χ1) is 9.08. The number of aryl methyl sites for hydroxylation is 2. The lowest BCUT2D eigenvalue weighted by atomic mass is 10.0. The standard InChI is InChI=1S/C14H17F2N3/c1-19-11(7-8-18-19)6-5-10(17)9-12-13(15)3-2-4-14(12)16/h2-4,7-8,10H,5-6,9,17H2,1H3. The van der Waals surface area contributed by atoms with Crippen molar-refractivity contribution < 1.29 is 8.78 Å². The summed E-state index contributed by atoms with van der Waals surface area (Å²) in [6, 6.07) is 5.51. The predicted octanol–water partition coefficient (Wildman–Crippen LogP) is 2.20. The zero-order valence-electron chi connectivity index (χ0n) is 10.8. The van der Waals surface area contributed by atoms with Crippen molar-refractivity contribution in [1.29, 1.82) is 0 Å². The van der Waals surface area contributed by atoms with Crippen LogP contribution < -0.4 is 5.73 Å². The molecule has 1 aromatic carbocycles. The Balaban J connectivity index is 1.94. The van der Waals surface area contributed by atoms with Crippen molar-refractivity contribution >= 4 is 0 Å². The lowest BCUT2D eigenvalue weighted by Crippen LogP contribution is -2.25. The number of hydrogen-bond acceptors (Lipinski definition) is 2. The minimum atomic E-state index is -0.531. The van der Waals surface area contributed by atoms with Crippen LogP contribution in [0.4, 0.5) is 8.78 Å². The maximum absolute atomic E-state index is 13.5. The van der Waals surface area contributed by atoms with Crippen molar-refractivity contribution in [3.63, 3.8) is 0 Å². The zero-order chi connectivity index (χ0) is 13.8. The molecule has 2 N–H and O–H groups in total. The Morgan fingerprint density at radius 1 is 1.26 bits per heavy atom. The van der Waals surface area contributed by atoms with E-state index >= 15 is 0 Å². The van der Waals surface area contributed by atoms with Crippen molar-refractivity contribution in [2.24, 2.45) is 12.8 Å². The molecular weight excluding hydrogens is 248 g/mol. The highest BCUT2D eigenvalue weighted by Gasteiger charge is 2.13. The maximum Gasteiger partial charge on any atom is 0.129 e. The van der Waals surface area contributed by atoms with Gasteiger partial charge in [0.05, 0.1) is 0 Å². The normalized spacial score (nSPS) is 12.6. The molecule has 0 bridgehead atoms. The Hall–Kier alpha value is -1.75. The van der Waals surface area contributed by atoms with E-state index in [0.29, 0.717) is 6.42 Å². The van der Waals surface area contributed by atoms with Gasteiger partial charge in [-0.2, -0.15) is 5.10 Å². The molecule has 0 amide bonds. The van der Waals surface area contributed by atoms with E-state index in [4.69, 9.17) is 5.73 Å². The van der Waals surface area contributed by atoms with E-state index in [2.05, 4.69) is 5.10 Å². The third-order valence-corrected chi connectivity index (χ3v) is 3.22. The highest BCUT2D eigenvalue weighted by atomic mass is 19.1. The van der Waals surface area contributed by atoms with Gasteiger partial charge >= 0.3 is 0 Å². The molecule has 0 aliphatic heterocycles. The fraction of sp³-hybridized carbons (Fsp3) is 0.357. The van der Waals surface area contributed by atoms with Crippen molar-refractivity contribution in [2.75, 3.05) is 0 Å². The minimum absolute atomic E-state index is 0.0695. The molecule has 3 nitrogen and oxygen atoms in total. The van der Waals surface area contributed by atoms with Crippen molar-refractivity contribution in [3.8, 4) is 0 Å². The van der Waals surface area contributed by atoms with E-state index < -0.39 is 11.6 Å². The summed E-state index contributed by atoms with van der Waals surface area (Å²) in [7, 11) is 1.86. The molecule has 102 valence electrons. The second-order valence-corrected chi connectivity index (χ2v) is 4.65. The Bertz CT molecular complexity index is 531. The molecule has 0 saturated carbocycles. The summed E-state index contributed by atoms with van der Waals surface area (Å²) in [5.41, 5.74) is 7.08. The number of nitrogens with two attached hydrogens (primary N) is 1. The summed E-state index contributed by atoms with van der Waals surface area (Å²) >= 11 is 0. The van der Waals surface area contributed by atoms with Crippen LogP contribution in [0.5, 0.6) is 0 Å². The second kappa shape index (κ2) is 5.93. The van der Waals surface area contributed by atoms with Crippen LogP contribution in [0.15, 0.2) is 30.5 Å². The number of hydrogen-bond donors (Lipinski definition) is 1. The summed E-state index contributed by atoms with van der Waals surface area (Å²) in [5.74, 6) is -1.06. The number of benzene rings is 1. The van der Waals surface area contributed by atoms with Crippen molar-refractivity contribution in [1.82, 2.24) is 9.78 Å². The lowest BCUT2D eigenvalue weighted by molar-refractivity contribution is 0.519. The number of aromatic nitrogens is 2. The average Bonchev–Trinajstić information content (AvgIpc) is 2.77. The SMILES string of the molecule is Cn1nccc1CCC(N)Cc1c(F)cccc1F. The fourth-order valence-electron chi connectivity index (χ4n) is 2.07. The average molecular weight is 265 g/mol. The monoisotopic (exact) mass is 265 g/mol. The molecule has 0 aliphatic carbocycles. The topological polar surface area (TPSA) is 43.8 Å². The number of rotatable bonds is 5. The van der Waals surface area contributed by atoms with Gasteiger partial charge in [0.25, 0.3) is 0 Å². The lowest BCUT2D eigenvalue weighted by Gasteiger charge is -2.13. The van der Waals surface area contributed by atoms with Crippen LogP contribution >= 0.6 is 0 Å². The van der Waals surface area contributed by atoms with E-state index in [0.717, 1.165) is 12.1 Å². The summed E-state index contributed by atoms with van der Waals surface area (Å²) in [6.07, 6.45) is 3.33. The van der Waals surface area contributed by atoms with Gasteiger partial charge in [0.1, 0.15) is 11.6 Å². The van der Waals surface area contributed by atoms with Crippen LogP contribution in [0.1, 0.15) is 17.7 Å². The summed E-state index contributed by atoms with van der Waals surface area (Å²) in [5, 5.41) is 4.06. The van der Waals surface area contributed by atoms with Crippen LogP contribution in [-0.2, 0) is 19.9 Å². The van der Waals surface area contributed by atoms with E-state index in [1.165, 1.54) is 18.2 Å². The Labute approximate surface area is 111 Å². The second-order valence-electron chi connectivity index (χ2n) is 4.65. The smallest absolute Gasteiger partial charge is 0.129 e. The molecule has 2 rings (SSSR count). The molecule has 1 unspecified atom stereocenters. The van der Waals surface area contributed by atoms with E-state index in [1.807, 2.05) is 13.1 Å². The van der Waals surface area contributed by atoms with Gasteiger partial charge in [0.2, 0.25) is 0 Å². The van der Waals surface area contributed by atoms with Gasteiger partial charge in [-0.05, 0) is 37.5 Å². The van der Waals surface area contributed by atoms with E-state index in [1.54, 1.807) is 10.9 Å². The molecule has 0 aliphatic rings. The van der Waals surface area contributed by atoms with Crippen LogP contribution in [0.25, 0.3) is 0 Å². The molecule has 2 aromatic rings. The van der Waals surface area contributed by atoms with Gasteiger partial charge in [-0.1, -0.05) is 6.07 Å².